The first-order valence-corrected chi connectivity index (χ1v) is 6.68. The summed E-state index contributed by atoms with van der Waals surface area (Å²) in [4.78, 5) is 1.28. The van der Waals surface area contributed by atoms with Crippen molar-refractivity contribution < 1.29 is 9.13 Å². The number of nitrogens with one attached hydrogen (secondary N) is 1. The molecule has 0 fully saturated rings. The lowest BCUT2D eigenvalue weighted by Gasteiger charge is -2.12. The first-order chi connectivity index (χ1) is 8.70. The molecule has 1 unspecified atom stereocenters. The van der Waals surface area contributed by atoms with Gasteiger partial charge in [-0.2, -0.15) is 0 Å². The average molecular weight is 265 g/mol. The quantitative estimate of drug-likeness (QED) is 0.889. The number of hydrogen-bond donors (Lipinski definition) is 1. The van der Waals surface area contributed by atoms with E-state index in [0.717, 1.165) is 5.56 Å². The molecule has 96 valence electrons. The fourth-order valence-electron chi connectivity index (χ4n) is 1.73. The monoisotopic (exact) mass is 265 g/mol. The van der Waals surface area contributed by atoms with Crippen LogP contribution in [0.3, 0.4) is 0 Å². The molecule has 0 aliphatic heterocycles. The van der Waals surface area contributed by atoms with Crippen molar-refractivity contribution in [1.29, 1.82) is 0 Å². The molecule has 0 saturated carbocycles. The number of hydrogen-bond acceptors (Lipinski definition) is 3. The van der Waals surface area contributed by atoms with Gasteiger partial charge in [0.15, 0.2) is 11.6 Å². The van der Waals surface area contributed by atoms with Crippen LogP contribution in [0.15, 0.2) is 35.7 Å². The van der Waals surface area contributed by atoms with Gasteiger partial charge in [0.2, 0.25) is 0 Å². The molecule has 4 heteroatoms. The number of rotatable bonds is 5. The van der Waals surface area contributed by atoms with Crippen molar-refractivity contribution in [3.05, 3.63) is 52.0 Å². The zero-order chi connectivity index (χ0) is 13.0. The van der Waals surface area contributed by atoms with Gasteiger partial charge < -0.3 is 10.1 Å². The van der Waals surface area contributed by atoms with Gasteiger partial charge in [0.05, 0.1) is 7.11 Å². The van der Waals surface area contributed by atoms with Crippen LogP contribution in [0.2, 0.25) is 0 Å². The van der Waals surface area contributed by atoms with E-state index < -0.39 is 0 Å². The van der Waals surface area contributed by atoms with E-state index in [0.29, 0.717) is 6.54 Å². The first kappa shape index (κ1) is 13.1. The number of halogens is 1. The van der Waals surface area contributed by atoms with E-state index in [4.69, 9.17) is 4.74 Å². The lowest BCUT2D eigenvalue weighted by molar-refractivity contribution is 0.386. The molecule has 1 atom stereocenters. The van der Waals surface area contributed by atoms with Crippen LogP contribution in [0.25, 0.3) is 0 Å². The van der Waals surface area contributed by atoms with Crippen LogP contribution in [0.5, 0.6) is 5.75 Å². The molecule has 0 radical (unpaired) electrons. The molecule has 0 bridgehead atoms. The van der Waals surface area contributed by atoms with Gasteiger partial charge in [-0.25, -0.2) is 4.39 Å². The summed E-state index contributed by atoms with van der Waals surface area (Å²) in [5.41, 5.74) is 0.914. The fraction of sp³-hybridized carbons (Fsp3) is 0.286. The second-order valence-electron chi connectivity index (χ2n) is 4.09. The van der Waals surface area contributed by atoms with Crippen molar-refractivity contribution in [2.45, 2.75) is 19.5 Å². The summed E-state index contributed by atoms with van der Waals surface area (Å²) >= 11 is 1.72. The largest absolute Gasteiger partial charge is 0.494 e. The smallest absolute Gasteiger partial charge is 0.165 e. The van der Waals surface area contributed by atoms with Gasteiger partial charge in [-0.15, -0.1) is 11.3 Å². The maximum atomic E-state index is 13.5. The van der Waals surface area contributed by atoms with E-state index in [9.17, 15) is 4.39 Å². The summed E-state index contributed by atoms with van der Waals surface area (Å²) in [6.07, 6.45) is 0. The Hall–Kier alpha value is -1.39. The molecule has 0 aliphatic rings. The minimum absolute atomic E-state index is 0.273. The highest BCUT2D eigenvalue weighted by molar-refractivity contribution is 7.10. The van der Waals surface area contributed by atoms with Gasteiger partial charge in [-0.3, -0.25) is 0 Å². The van der Waals surface area contributed by atoms with Crippen molar-refractivity contribution in [3.63, 3.8) is 0 Å². The lowest BCUT2D eigenvalue weighted by atomic mass is 10.2. The Morgan fingerprint density at radius 3 is 2.83 bits per heavy atom. The van der Waals surface area contributed by atoms with E-state index in [1.165, 1.54) is 18.1 Å². The van der Waals surface area contributed by atoms with Gasteiger partial charge in [0.1, 0.15) is 0 Å². The summed E-state index contributed by atoms with van der Waals surface area (Å²) in [5, 5.41) is 5.43. The van der Waals surface area contributed by atoms with Gasteiger partial charge in [0, 0.05) is 17.5 Å². The zero-order valence-electron chi connectivity index (χ0n) is 10.4. The van der Waals surface area contributed by atoms with Crippen LogP contribution in [0.1, 0.15) is 23.4 Å². The van der Waals surface area contributed by atoms with Gasteiger partial charge in [0.25, 0.3) is 0 Å². The second kappa shape index (κ2) is 5.98. The number of thiophene rings is 1. The van der Waals surface area contributed by atoms with Crippen LogP contribution in [-0.2, 0) is 6.54 Å². The topological polar surface area (TPSA) is 21.3 Å². The van der Waals surface area contributed by atoms with Gasteiger partial charge in [-0.05, 0) is 36.1 Å². The fourth-order valence-corrected chi connectivity index (χ4v) is 2.49. The molecular formula is C14H16FNOS. The molecule has 2 aromatic rings. The van der Waals surface area contributed by atoms with Crippen molar-refractivity contribution in [2.24, 2.45) is 0 Å². The molecule has 0 saturated heterocycles. The van der Waals surface area contributed by atoms with Gasteiger partial charge >= 0.3 is 0 Å². The highest BCUT2D eigenvalue weighted by Crippen LogP contribution is 2.20. The third-order valence-electron chi connectivity index (χ3n) is 2.80. The zero-order valence-corrected chi connectivity index (χ0v) is 11.3. The summed E-state index contributed by atoms with van der Waals surface area (Å²) in [7, 11) is 1.47. The Balaban J connectivity index is 1.96. The van der Waals surface area contributed by atoms with Crippen molar-refractivity contribution in [3.8, 4) is 5.75 Å². The molecule has 1 aromatic carbocycles. The van der Waals surface area contributed by atoms with Crippen LogP contribution >= 0.6 is 11.3 Å². The summed E-state index contributed by atoms with van der Waals surface area (Å²) in [6.45, 7) is 2.74. The molecule has 0 aliphatic carbocycles. The van der Waals surface area contributed by atoms with E-state index in [-0.39, 0.29) is 17.6 Å². The van der Waals surface area contributed by atoms with Crippen LogP contribution in [0, 0.1) is 5.82 Å². The highest BCUT2D eigenvalue weighted by atomic mass is 32.1. The Morgan fingerprint density at radius 1 is 1.39 bits per heavy atom. The maximum absolute atomic E-state index is 13.5. The predicted octanol–water partition coefficient (Wildman–Crippen LogP) is 3.75. The summed E-state index contributed by atoms with van der Waals surface area (Å²) in [5.74, 6) is -0.0365. The Morgan fingerprint density at radius 2 is 2.22 bits per heavy atom. The number of benzene rings is 1. The highest BCUT2D eigenvalue weighted by Gasteiger charge is 2.07. The molecule has 1 aromatic heterocycles. The molecule has 2 rings (SSSR count). The minimum atomic E-state index is -0.319. The molecular weight excluding hydrogens is 249 g/mol. The third kappa shape index (κ3) is 3.09. The molecule has 0 spiro atoms. The van der Waals surface area contributed by atoms with E-state index in [2.05, 4.69) is 23.7 Å². The first-order valence-electron chi connectivity index (χ1n) is 5.80. The Kier molecular flexibility index (Phi) is 4.33. The van der Waals surface area contributed by atoms with Crippen molar-refractivity contribution in [1.82, 2.24) is 5.32 Å². The van der Waals surface area contributed by atoms with Crippen LogP contribution < -0.4 is 10.1 Å². The summed E-state index contributed by atoms with van der Waals surface area (Å²) in [6, 6.07) is 9.43. The molecule has 2 nitrogen and oxygen atoms in total. The predicted molar refractivity (Wildman–Crippen MR) is 72.5 cm³/mol. The summed E-state index contributed by atoms with van der Waals surface area (Å²) < 4.78 is 18.4. The van der Waals surface area contributed by atoms with Gasteiger partial charge in [-0.1, -0.05) is 12.1 Å². The molecule has 18 heavy (non-hydrogen) atoms. The normalized spacial score (nSPS) is 12.4. The van der Waals surface area contributed by atoms with Crippen LogP contribution in [-0.4, -0.2) is 7.11 Å². The SMILES string of the molecule is COc1ccc(CNC(C)c2cccs2)cc1F. The second-order valence-corrected chi connectivity index (χ2v) is 5.07. The van der Waals surface area contributed by atoms with Crippen LogP contribution in [0.4, 0.5) is 4.39 Å². The minimum Gasteiger partial charge on any atom is -0.494 e. The Bertz CT molecular complexity index is 499. The van der Waals surface area contributed by atoms with E-state index >= 15 is 0 Å². The Labute approximate surface area is 110 Å². The van der Waals surface area contributed by atoms with E-state index in [1.54, 1.807) is 17.4 Å². The van der Waals surface area contributed by atoms with E-state index in [1.807, 2.05) is 12.1 Å². The van der Waals surface area contributed by atoms with Crippen molar-refractivity contribution >= 4 is 11.3 Å². The average Bonchev–Trinajstić information content (AvgIpc) is 2.90. The number of ether oxygens (including phenoxy) is 1. The maximum Gasteiger partial charge on any atom is 0.165 e. The third-order valence-corrected chi connectivity index (χ3v) is 3.85. The number of methoxy groups -OCH3 is 1. The lowest BCUT2D eigenvalue weighted by Crippen LogP contribution is -2.17. The van der Waals surface area contributed by atoms with Crippen molar-refractivity contribution in [2.75, 3.05) is 7.11 Å². The molecule has 1 N–H and O–H groups in total. The standard InChI is InChI=1S/C14H16FNOS/c1-10(14-4-3-7-18-14)16-9-11-5-6-13(17-2)12(15)8-11/h3-8,10,16H,9H2,1-2H3. The molecule has 1 heterocycles. The molecule has 0 amide bonds.